The fourth-order valence-corrected chi connectivity index (χ4v) is 3.40. The van der Waals surface area contributed by atoms with E-state index in [0.29, 0.717) is 32.1 Å². The molecule has 0 radical (unpaired) electrons. The molecule has 0 bridgehead atoms. The van der Waals surface area contributed by atoms with Gasteiger partial charge < -0.3 is 20.3 Å². The van der Waals surface area contributed by atoms with E-state index in [0.717, 1.165) is 42.0 Å². The predicted molar refractivity (Wildman–Crippen MR) is 137 cm³/mol. The zero-order valence-corrected chi connectivity index (χ0v) is 20.3. The zero-order chi connectivity index (χ0) is 21.2. The van der Waals surface area contributed by atoms with Gasteiger partial charge in [-0.05, 0) is 36.6 Å². The summed E-state index contributed by atoms with van der Waals surface area (Å²) in [6.07, 6.45) is 4.44. The Bertz CT molecular complexity index is 883. The van der Waals surface area contributed by atoms with Crippen LogP contribution in [0, 0.1) is 0 Å². The summed E-state index contributed by atoms with van der Waals surface area (Å²) in [7, 11) is 1.75. The molecule has 166 valence electrons. The summed E-state index contributed by atoms with van der Waals surface area (Å²) in [6.45, 7) is 6.22. The van der Waals surface area contributed by atoms with Gasteiger partial charge in [-0.2, -0.15) is 0 Å². The molecule has 0 spiro atoms. The van der Waals surface area contributed by atoms with Crippen molar-refractivity contribution in [2.24, 2.45) is 4.99 Å². The molecule has 0 aromatic heterocycles. The monoisotopic (exact) mass is 534 g/mol. The number of hydrogen-bond acceptors (Lipinski definition) is 3. The number of anilines is 1. The number of nitrogens with zero attached hydrogens (tertiary/aromatic N) is 2. The Labute approximate surface area is 201 Å². The molecule has 1 fully saturated rings. The van der Waals surface area contributed by atoms with Gasteiger partial charge in [0.05, 0.1) is 0 Å². The van der Waals surface area contributed by atoms with Crippen LogP contribution in [0.4, 0.5) is 5.69 Å². The third kappa shape index (κ3) is 7.27. The number of amides is 1. The number of benzene rings is 2. The lowest BCUT2D eigenvalue weighted by molar-refractivity contribution is -0.119. The number of carbonyl (C=O) groups excluding carboxylic acids is 1. The average molecular weight is 534 g/mol. The van der Waals surface area contributed by atoms with Crippen LogP contribution in [0.3, 0.4) is 0 Å². The Morgan fingerprint density at radius 2 is 1.87 bits per heavy atom. The van der Waals surface area contributed by atoms with E-state index in [4.69, 9.17) is 4.74 Å². The van der Waals surface area contributed by atoms with Crippen molar-refractivity contribution in [2.75, 3.05) is 25.1 Å². The van der Waals surface area contributed by atoms with Crippen molar-refractivity contribution in [3.8, 4) is 5.75 Å². The third-order valence-electron chi connectivity index (χ3n) is 5.03. The van der Waals surface area contributed by atoms with Gasteiger partial charge in [0.2, 0.25) is 5.91 Å². The van der Waals surface area contributed by atoms with Crippen molar-refractivity contribution in [2.45, 2.75) is 32.4 Å². The summed E-state index contributed by atoms with van der Waals surface area (Å²) in [5.41, 5.74) is 3.15. The van der Waals surface area contributed by atoms with Gasteiger partial charge in [-0.25, -0.2) is 0 Å². The molecule has 1 aliphatic rings. The molecule has 3 rings (SSSR count). The minimum atomic E-state index is 0. The standard InChI is InChI=1S/C24H30N4O2.HI/c1-3-16-30-22-9-5-4-8-20(22)18-27-24(25-2)26-17-19-11-13-21(14-12-19)28-15-7-6-10-23(28)29;/h3-5,8-9,11-14H,1,6-7,10,15-18H2,2H3,(H2,25,26,27);1H. The SMILES string of the molecule is C=CCOc1ccccc1CNC(=NC)NCc1ccc(N2CCCCC2=O)cc1.I. The molecule has 7 heteroatoms. The summed E-state index contributed by atoms with van der Waals surface area (Å²) in [4.78, 5) is 18.3. The van der Waals surface area contributed by atoms with Gasteiger partial charge in [0.1, 0.15) is 12.4 Å². The lowest BCUT2D eigenvalue weighted by Crippen LogP contribution is -2.36. The second kappa shape index (κ2) is 13.0. The Morgan fingerprint density at radius 1 is 1.13 bits per heavy atom. The van der Waals surface area contributed by atoms with Crippen molar-refractivity contribution < 1.29 is 9.53 Å². The highest BCUT2D eigenvalue weighted by Crippen LogP contribution is 2.21. The van der Waals surface area contributed by atoms with Gasteiger partial charge in [-0.1, -0.05) is 43.0 Å². The number of para-hydroxylation sites is 1. The maximum Gasteiger partial charge on any atom is 0.226 e. The van der Waals surface area contributed by atoms with E-state index in [2.05, 4.69) is 34.3 Å². The maximum absolute atomic E-state index is 12.1. The highest BCUT2D eigenvalue weighted by Gasteiger charge is 2.19. The summed E-state index contributed by atoms with van der Waals surface area (Å²) >= 11 is 0. The number of nitrogens with one attached hydrogen (secondary N) is 2. The maximum atomic E-state index is 12.1. The Balaban J connectivity index is 0.00000341. The third-order valence-corrected chi connectivity index (χ3v) is 5.03. The van der Waals surface area contributed by atoms with Crippen LogP contribution in [0.5, 0.6) is 5.75 Å². The summed E-state index contributed by atoms with van der Waals surface area (Å²) < 4.78 is 5.70. The lowest BCUT2D eigenvalue weighted by Gasteiger charge is -2.26. The number of carbonyl (C=O) groups is 1. The van der Waals surface area contributed by atoms with Crippen LogP contribution in [-0.2, 0) is 17.9 Å². The number of ether oxygens (including phenoxy) is 1. The molecular formula is C24H31IN4O2. The molecule has 1 amide bonds. The molecule has 0 atom stereocenters. The molecule has 0 unspecified atom stereocenters. The van der Waals surface area contributed by atoms with Crippen molar-refractivity contribution in [3.05, 3.63) is 72.3 Å². The minimum Gasteiger partial charge on any atom is -0.489 e. The lowest BCUT2D eigenvalue weighted by atomic mass is 10.1. The Kier molecular flexibility index (Phi) is 10.4. The van der Waals surface area contributed by atoms with Gasteiger partial charge in [-0.3, -0.25) is 9.79 Å². The highest BCUT2D eigenvalue weighted by atomic mass is 127. The largest absolute Gasteiger partial charge is 0.489 e. The molecule has 0 aliphatic carbocycles. The van der Waals surface area contributed by atoms with Crippen molar-refractivity contribution in [1.29, 1.82) is 0 Å². The Morgan fingerprint density at radius 3 is 2.58 bits per heavy atom. The van der Waals surface area contributed by atoms with Crippen LogP contribution in [0.1, 0.15) is 30.4 Å². The molecule has 0 saturated carbocycles. The minimum absolute atomic E-state index is 0. The second-order valence-electron chi connectivity index (χ2n) is 7.16. The van der Waals surface area contributed by atoms with Gasteiger partial charge in [-0.15, -0.1) is 24.0 Å². The molecule has 1 aliphatic heterocycles. The first-order valence-corrected chi connectivity index (χ1v) is 10.4. The highest BCUT2D eigenvalue weighted by molar-refractivity contribution is 14.0. The smallest absolute Gasteiger partial charge is 0.226 e. The summed E-state index contributed by atoms with van der Waals surface area (Å²) in [5, 5.41) is 6.65. The second-order valence-corrected chi connectivity index (χ2v) is 7.16. The van der Waals surface area contributed by atoms with Crippen LogP contribution < -0.4 is 20.3 Å². The first-order chi connectivity index (χ1) is 14.7. The van der Waals surface area contributed by atoms with E-state index in [1.54, 1.807) is 13.1 Å². The molecule has 1 saturated heterocycles. The normalized spacial score (nSPS) is 13.9. The topological polar surface area (TPSA) is 66.0 Å². The van der Waals surface area contributed by atoms with Crippen LogP contribution in [0.15, 0.2) is 66.2 Å². The summed E-state index contributed by atoms with van der Waals surface area (Å²) in [5.74, 6) is 1.76. The number of rotatable bonds is 8. The molecule has 6 nitrogen and oxygen atoms in total. The van der Waals surface area contributed by atoms with Gasteiger partial charge in [0.15, 0.2) is 5.96 Å². The van der Waals surface area contributed by atoms with E-state index in [-0.39, 0.29) is 29.9 Å². The van der Waals surface area contributed by atoms with E-state index in [9.17, 15) is 4.79 Å². The van der Waals surface area contributed by atoms with Gasteiger partial charge in [0.25, 0.3) is 0 Å². The fraction of sp³-hybridized carbons (Fsp3) is 0.333. The van der Waals surface area contributed by atoms with E-state index < -0.39 is 0 Å². The first-order valence-electron chi connectivity index (χ1n) is 10.4. The predicted octanol–water partition coefficient (Wildman–Crippen LogP) is 4.25. The van der Waals surface area contributed by atoms with E-state index >= 15 is 0 Å². The average Bonchev–Trinajstić information content (AvgIpc) is 2.79. The summed E-state index contributed by atoms with van der Waals surface area (Å²) in [6, 6.07) is 16.1. The quantitative estimate of drug-likeness (QED) is 0.230. The number of halogens is 1. The molecule has 1 heterocycles. The van der Waals surface area contributed by atoms with E-state index in [1.807, 2.05) is 41.3 Å². The van der Waals surface area contributed by atoms with Crippen LogP contribution >= 0.6 is 24.0 Å². The molecular weight excluding hydrogens is 503 g/mol. The van der Waals surface area contributed by atoms with Crippen LogP contribution in [-0.4, -0.2) is 32.1 Å². The number of aliphatic imine (C=N–C) groups is 1. The first kappa shape index (κ1) is 24.7. The molecule has 2 aromatic carbocycles. The van der Waals surface area contributed by atoms with Crippen molar-refractivity contribution in [3.63, 3.8) is 0 Å². The van der Waals surface area contributed by atoms with Crippen LogP contribution in [0.25, 0.3) is 0 Å². The van der Waals surface area contributed by atoms with Crippen molar-refractivity contribution in [1.82, 2.24) is 10.6 Å². The molecule has 31 heavy (non-hydrogen) atoms. The number of guanidine groups is 1. The van der Waals surface area contributed by atoms with Crippen molar-refractivity contribution >= 4 is 41.5 Å². The van der Waals surface area contributed by atoms with Gasteiger partial charge in [0, 0.05) is 44.4 Å². The van der Waals surface area contributed by atoms with Crippen LogP contribution in [0.2, 0.25) is 0 Å². The number of piperidine rings is 1. The molecule has 2 N–H and O–H groups in total. The Hall–Kier alpha value is -2.55. The van der Waals surface area contributed by atoms with E-state index in [1.165, 1.54) is 0 Å². The zero-order valence-electron chi connectivity index (χ0n) is 18.0. The van der Waals surface area contributed by atoms with Gasteiger partial charge >= 0.3 is 0 Å². The number of hydrogen-bond donors (Lipinski definition) is 2. The fourth-order valence-electron chi connectivity index (χ4n) is 3.40. The molecule has 2 aromatic rings.